The van der Waals surface area contributed by atoms with Crippen LogP contribution in [0.25, 0.3) is 0 Å². The number of rotatable bonds is 6. The topological polar surface area (TPSA) is 67.4 Å². The molecule has 116 valence electrons. The highest BCUT2D eigenvalue weighted by atomic mass is 19.1. The van der Waals surface area contributed by atoms with Crippen molar-refractivity contribution in [3.8, 4) is 0 Å². The lowest BCUT2D eigenvalue weighted by Gasteiger charge is -2.19. The van der Waals surface area contributed by atoms with Crippen LogP contribution in [-0.2, 0) is 14.3 Å². The van der Waals surface area contributed by atoms with Gasteiger partial charge in [0, 0.05) is 11.8 Å². The molecule has 0 aliphatic heterocycles. The van der Waals surface area contributed by atoms with E-state index in [9.17, 15) is 18.4 Å². The van der Waals surface area contributed by atoms with E-state index >= 15 is 0 Å². The molecule has 0 aliphatic rings. The van der Waals surface area contributed by atoms with Gasteiger partial charge in [0.15, 0.2) is 0 Å². The summed E-state index contributed by atoms with van der Waals surface area (Å²) in [5.41, 5.74) is 0.0125. The van der Waals surface area contributed by atoms with Crippen LogP contribution in [-0.4, -0.2) is 31.6 Å². The van der Waals surface area contributed by atoms with Crippen molar-refractivity contribution in [2.75, 3.05) is 19.0 Å². The monoisotopic (exact) mass is 300 g/mol. The summed E-state index contributed by atoms with van der Waals surface area (Å²) in [6.45, 7) is 3.42. The summed E-state index contributed by atoms with van der Waals surface area (Å²) in [6.07, 6.45) is 0. The molecule has 1 aromatic carbocycles. The van der Waals surface area contributed by atoms with Gasteiger partial charge in [-0.3, -0.25) is 14.9 Å². The molecule has 0 radical (unpaired) electrons. The van der Waals surface area contributed by atoms with Gasteiger partial charge in [0.2, 0.25) is 5.91 Å². The number of benzene rings is 1. The van der Waals surface area contributed by atoms with Crippen molar-refractivity contribution in [1.82, 2.24) is 5.32 Å². The van der Waals surface area contributed by atoms with Gasteiger partial charge in [0.1, 0.15) is 17.7 Å². The van der Waals surface area contributed by atoms with Gasteiger partial charge in [-0.05, 0) is 18.1 Å². The number of esters is 1. The molecule has 2 N–H and O–H groups in total. The van der Waals surface area contributed by atoms with E-state index in [-0.39, 0.29) is 18.2 Å². The van der Waals surface area contributed by atoms with E-state index < -0.39 is 29.6 Å². The lowest BCUT2D eigenvalue weighted by atomic mass is 10.0. The first-order valence-corrected chi connectivity index (χ1v) is 6.40. The first kappa shape index (κ1) is 17.0. The molecule has 1 amide bonds. The zero-order chi connectivity index (χ0) is 16.0. The second kappa shape index (κ2) is 7.68. The number of anilines is 1. The summed E-state index contributed by atoms with van der Waals surface area (Å²) in [4.78, 5) is 23.2. The Bertz CT molecular complexity index is 501. The van der Waals surface area contributed by atoms with Gasteiger partial charge < -0.3 is 10.1 Å². The summed E-state index contributed by atoms with van der Waals surface area (Å²) >= 11 is 0. The predicted octanol–water partition coefficient (Wildman–Crippen LogP) is 1.69. The van der Waals surface area contributed by atoms with Crippen LogP contribution < -0.4 is 10.6 Å². The van der Waals surface area contributed by atoms with Gasteiger partial charge in [-0.1, -0.05) is 13.8 Å². The van der Waals surface area contributed by atoms with Crippen molar-refractivity contribution in [3.63, 3.8) is 0 Å². The first-order chi connectivity index (χ1) is 9.83. The van der Waals surface area contributed by atoms with Crippen LogP contribution in [0.1, 0.15) is 13.8 Å². The summed E-state index contributed by atoms with van der Waals surface area (Å²) < 4.78 is 30.6. The number of amides is 1. The molecule has 1 atom stereocenters. The highest BCUT2D eigenvalue weighted by Gasteiger charge is 2.23. The van der Waals surface area contributed by atoms with Gasteiger partial charge in [-0.15, -0.1) is 0 Å². The molecule has 5 nitrogen and oxygen atoms in total. The van der Waals surface area contributed by atoms with Crippen LogP contribution in [0, 0.1) is 17.6 Å². The Hall–Kier alpha value is -2.02. The Morgan fingerprint density at radius 2 is 1.76 bits per heavy atom. The van der Waals surface area contributed by atoms with Crippen molar-refractivity contribution in [2.45, 2.75) is 19.9 Å². The second-order valence-electron chi connectivity index (χ2n) is 4.83. The summed E-state index contributed by atoms with van der Waals surface area (Å²) in [6, 6.07) is 2.08. The smallest absolute Gasteiger partial charge is 0.323 e. The van der Waals surface area contributed by atoms with Crippen LogP contribution in [0.15, 0.2) is 18.2 Å². The number of methoxy groups -OCH3 is 1. The molecular weight excluding hydrogens is 282 g/mol. The zero-order valence-corrected chi connectivity index (χ0v) is 12.1. The predicted molar refractivity (Wildman–Crippen MR) is 73.6 cm³/mol. The number of hydrogen-bond acceptors (Lipinski definition) is 4. The maximum absolute atomic E-state index is 13.0. The fourth-order valence-electron chi connectivity index (χ4n) is 1.75. The molecule has 1 rings (SSSR count). The molecule has 0 aromatic heterocycles. The Morgan fingerprint density at radius 1 is 1.19 bits per heavy atom. The van der Waals surface area contributed by atoms with Crippen molar-refractivity contribution >= 4 is 17.6 Å². The molecule has 1 unspecified atom stereocenters. The lowest BCUT2D eigenvalue weighted by Crippen LogP contribution is -2.45. The molecule has 0 saturated carbocycles. The number of carbonyl (C=O) groups excluding carboxylic acids is 2. The third kappa shape index (κ3) is 5.47. The number of nitrogens with one attached hydrogen (secondary N) is 2. The standard InChI is InChI=1S/C14H18F2N2O3/c1-8(2)13(14(20)21-3)17-7-12(19)18-11-5-9(15)4-10(16)6-11/h4-6,8,13,17H,7H2,1-3H3,(H,18,19). The minimum atomic E-state index is -0.784. The quantitative estimate of drug-likeness (QED) is 0.785. The van der Waals surface area contributed by atoms with Crippen molar-refractivity contribution in [1.29, 1.82) is 0 Å². The molecule has 1 aromatic rings. The molecule has 0 saturated heterocycles. The van der Waals surface area contributed by atoms with Crippen molar-refractivity contribution in [2.24, 2.45) is 5.92 Å². The number of hydrogen-bond donors (Lipinski definition) is 2. The first-order valence-electron chi connectivity index (χ1n) is 6.40. The largest absolute Gasteiger partial charge is 0.468 e. The minimum Gasteiger partial charge on any atom is -0.468 e. The SMILES string of the molecule is COC(=O)C(NCC(=O)Nc1cc(F)cc(F)c1)C(C)C. The van der Waals surface area contributed by atoms with Gasteiger partial charge >= 0.3 is 5.97 Å². The lowest BCUT2D eigenvalue weighted by molar-refractivity contribution is -0.144. The van der Waals surface area contributed by atoms with Gasteiger partial charge in [0.25, 0.3) is 0 Å². The summed E-state index contributed by atoms with van der Waals surface area (Å²) in [5, 5.41) is 5.09. The number of halogens is 2. The maximum Gasteiger partial charge on any atom is 0.323 e. The van der Waals surface area contributed by atoms with Crippen LogP contribution in [0.4, 0.5) is 14.5 Å². The normalized spacial score (nSPS) is 12.1. The number of carbonyl (C=O) groups is 2. The van der Waals surface area contributed by atoms with Gasteiger partial charge in [-0.25, -0.2) is 8.78 Å². The van der Waals surface area contributed by atoms with Gasteiger partial charge in [0.05, 0.1) is 13.7 Å². The summed E-state index contributed by atoms with van der Waals surface area (Å²) in [7, 11) is 1.26. The van der Waals surface area contributed by atoms with E-state index in [1.807, 2.05) is 0 Å². The van der Waals surface area contributed by atoms with Crippen molar-refractivity contribution < 1.29 is 23.1 Å². The highest BCUT2D eigenvalue weighted by molar-refractivity contribution is 5.92. The molecular formula is C14H18F2N2O3. The highest BCUT2D eigenvalue weighted by Crippen LogP contribution is 2.12. The van der Waals surface area contributed by atoms with Crippen LogP contribution in [0.5, 0.6) is 0 Å². The van der Waals surface area contributed by atoms with Crippen LogP contribution >= 0.6 is 0 Å². The number of ether oxygens (including phenoxy) is 1. The van der Waals surface area contributed by atoms with Crippen molar-refractivity contribution in [3.05, 3.63) is 29.8 Å². The third-order valence-corrected chi connectivity index (χ3v) is 2.75. The van der Waals surface area contributed by atoms with Crippen LogP contribution in [0.2, 0.25) is 0 Å². The Morgan fingerprint density at radius 3 is 2.24 bits per heavy atom. The minimum absolute atomic E-state index is 0.0125. The zero-order valence-electron chi connectivity index (χ0n) is 12.1. The van der Waals surface area contributed by atoms with Gasteiger partial charge in [-0.2, -0.15) is 0 Å². The van der Waals surface area contributed by atoms with E-state index in [1.165, 1.54) is 7.11 Å². The molecule has 0 heterocycles. The molecule has 0 bridgehead atoms. The van der Waals surface area contributed by atoms with E-state index in [4.69, 9.17) is 0 Å². The van der Waals surface area contributed by atoms with E-state index in [0.29, 0.717) is 6.07 Å². The van der Waals surface area contributed by atoms with E-state index in [1.54, 1.807) is 13.8 Å². The fourth-order valence-corrected chi connectivity index (χ4v) is 1.75. The Balaban J connectivity index is 2.59. The molecule has 21 heavy (non-hydrogen) atoms. The van der Waals surface area contributed by atoms with E-state index in [0.717, 1.165) is 12.1 Å². The van der Waals surface area contributed by atoms with Crippen LogP contribution in [0.3, 0.4) is 0 Å². The fraction of sp³-hybridized carbons (Fsp3) is 0.429. The molecule has 0 spiro atoms. The Labute approximate surface area is 121 Å². The summed E-state index contributed by atoms with van der Waals surface area (Å²) in [5.74, 6) is -2.64. The molecule has 0 aliphatic carbocycles. The average Bonchev–Trinajstić information content (AvgIpc) is 2.36. The molecule has 7 heteroatoms. The molecule has 0 fully saturated rings. The maximum atomic E-state index is 13.0. The Kier molecular flexibility index (Phi) is 6.23. The average molecular weight is 300 g/mol. The second-order valence-corrected chi connectivity index (χ2v) is 4.83. The third-order valence-electron chi connectivity index (χ3n) is 2.75. The van der Waals surface area contributed by atoms with E-state index in [2.05, 4.69) is 15.4 Å².